The Balaban J connectivity index is 2.58. The molecule has 0 unspecified atom stereocenters. The third-order valence-electron chi connectivity index (χ3n) is 2.20. The van der Waals surface area contributed by atoms with Crippen LogP contribution in [0.3, 0.4) is 0 Å². The molecule has 0 spiro atoms. The van der Waals surface area contributed by atoms with Gasteiger partial charge in [0.15, 0.2) is 11.6 Å². The predicted molar refractivity (Wildman–Crippen MR) is 61.8 cm³/mol. The number of nitrogens with zero attached hydrogens (tertiary/aromatic N) is 2. The summed E-state index contributed by atoms with van der Waals surface area (Å²) in [5.74, 6) is -2.40. The molecule has 0 fully saturated rings. The third kappa shape index (κ3) is 2.08. The van der Waals surface area contributed by atoms with E-state index in [0.717, 1.165) is 0 Å². The first-order chi connectivity index (χ1) is 8.58. The summed E-state index contributed by atoms with van der Waals surface area (Å²) in [4.78, 5) is 3.83. The van der Waals surface area contributed by atoms with Gasteiger partial charge in [0.2, 0.25) is 17.5 Å². The quantitative estimate of drug-likeness (QED) is 0.878. The second kappa shape index (κ2) is 4.99. The van der Waals surface area contributed by atoms with Crippen LogP contribution in [0.1, 0.15) is 5.89 Å². The van der Waals surface area contributed by atoms with Crippen LogP contribution in [0.4, 0.5) is 8.78 Å². The standard InChI is InChI=1S/C10H8BrF2N3O2/c1-17-9-5(11)2-4(7(12)8(9)13)10-15-6(3-14)18-16-10/h2H,3,14H2,1H3. The average Bonchev–Trinajstić information content (AvgIpc) is 2.83. The van der Waals surface area contributed by atoms with Crippen molar-refractivity contribution in [1.29, 1.82) is 0 Å². The van der Waals surface area contributed by atoms with Crippen LogP contribution in [0.25, 0.3) is 11.4 Å². The summed E-state index contributed by atoms with van der Waals surface area (Å²) in [6, 6.07) is 1.31. The van der Waals surface area contributed by atoms with E-state index >= 15 is 0 Å². The fourth-order valence-corrected chi connectivity index (χ4v) is 1.94. The second-order valence-electron chi connectivity index (χ2n) is 3.28. The highest BCUT2D eigenvalue weighted by Gasteiger charge is 2.22. The van der Waals surface area contributed by atoms with Crippen molar-refractivity contribution < 1.29 is 18.0 Å². The summed E-state index contributed by atoms with van der Waals surface area (Å²) < 4.78 is 37.2. The summed E-state index contributed by atoms with van der Waals surface area (Å²) in [6.45, 7) is 0.0222. The largest absolute Gasteiger partial charge is 0.492 e. The smallest absolute Gasteiger partial charge is 0.240 e. The minimum Gasteiger partial charge on any atom is -0.492 e. The lowest BCUT2D eigenvalue weighted by Gasteiger charge is -2.07. The Morgan fingerprint density at radius 1 is 1.44 bits per heavy atom. The Hall–Kier alpha value is -1.54. The van der Waals surface area contributed by atoms with Crippen LogP contribution in [0.2, 0.25) is 0 Å². The fraction of sp³-hybridized carbons (Fsp3) is 0.200. The molecule has 0 aliphatic heterocycles. The number of methoxy groups -OCH3 is 1. The zero-order chi connectivity index (χ0) is 13.3. The molecule has 1 heterocycles. The van der Waals surface area contributed by atoms with Gasteiger partial charge in [-0.15, -0.1) is 0 Å². The number of aromatic nitrogens is 2. The lowest BCUT2D eigenvalue weighted by Crippen LogP contribution is -1.98. The number of ether oxygens (including phenoxy) is 1. The first kappa shape index (κ1) is 12.9. The molecule has 0 radical (unpaired) electrons. The van der Waals surface area contributed by atoms with Gasteiger partial charge in [-0.05, 0) is 22.0 Å². The Morgan fingerprint density at radius 2 is 2.17 bits per heavy atom. The van der Waals surface area contributed by atoms with Gasteiger partial charge in [-0.2, -0.15) is 9.37 Å². The van der Waals surface area contributed by atoms with Crippen LogP contribution in [-0.4, -0.2) is 17.3 Å². The van der Waals surface area contributed by atoms with Gasteiger partial charge in [-0.25, -0.2) is 4.39 Å². The third-order valence-corrected chi connectivity index (χ3v) is 2.79. The van der Waals surface area contributed by atoms with Crippen LogP contribution < -0.4 is 10.5 Å². The Morgan fingerprint density at radius 3 is 2.72 bits per heavy atom. The van der Waals surface area contributed by atoms with Crippen molar-refractivity contribution >= 4 is 15.9 Å². The molecule has 2 rings (SSSR count). The van der Waals surface area contributed by atoms with E-state index in [1.165, 1.54) is 13.2 Å². The molecule has 1 aromatic heterocycles. The zero-order valence-corrected chi connectivity index (χ0v) is 10.8. The first-order valence-electron chi connectivity index (χ1n) is 4.83. The van der Waals surface area contributed by atoms with Crippen molar-refractivity contribution in [3.63, 3.8) is 0 Å². The van der Waals surface area contributed by atoms with E-state index in [9.17, 15) is 8.78 Å². The monoisotopic (exact) mass is 319 g/mol. The fourth-order valence-electron chi connectivity index (χ4n) is 1.38. The minimum atomic E-state index is -1.12. The highest BCUT2D eigenvalue weighted by atomic mass is 79.9. The van der Waals surface area contributed by atoms with E-state index < -0.39 is 11.6 Å². The summed E-state index contributed by atoms with van der Waals surface area (Å²) in [5, 5.41) is 3.52. The van der Waals surface area contributed by atoms with E-state index in [1.54, 1.807) is 0 Å². The van der Waals surface area contributed by atoms with Gasteiger partial charge < -0.3 is 15.0 Å². The topological polar surface area (TPSA) is 74.2 Å². The lowest BCUT2D eigenvalue weighted by atomic mass is 10.2. The van der Waals surface area contributed by atoms with Crippen LogP contribution in [0.5, 0.6) is 5.75 Å². The van der Waals surface area contributed by atoms with Gasteiger partial charge in [0.05, 0.1) is 23.7 Å². The second-order valence-corrected chi connectivity index (χ2v) is 4.14. The molecule has 0 saturated heterocycles. The molecule has 0 saturated carbocycles. The summed E-state index contributed by atoms with van der Waals surface area (Å²) in [6.07, 6.45) is 0. The molecule has 18 heavy (non-hydrogen) atoms. The van der Waals surface area contributed by atoms with E-state index in [0.29, 0.717) is 0 Å². The molecule has 0 aliphatic carbocycles. The van der Waals surface area contributed by atoms with Crippen molar-refractivity contribution in [2.24, 2.45) is 5.73 Å². The van der Waals surface area contributed by atoms with Crippen molar-refractivity contribution in [3.05, 3.63) is 28.1 Å². The molecule has 2 N–H and O–H groups in total. The molecule has 8 heteroatoms. The Kier molecular flexibility index (Phi) is 3.58. The molecule has 5 nitrogen and oxygen atoms in total. The highest BCUT2D eigenvalue weighted by molar-refractivity contribution is 9.10. The predicted octanol–water partition coefficient (Wildman–Crippen LogP) is 2.24. The van der Waals surface area contributed by atoms with E-state index in [-0.39, 0.29) is 34.0 Å². The molecule has 0 bridgehead atoms. The van der Waals surface area contributed by atoms with Crippen LogP contribution in [0, 0.1) is 11.6 Å². The SMILES string of the molecule is COc1c(Br)cc(-c2noc(CN)n2)c(F)c1F. The Labute approximate surface area is 109 Å². The van der Waals surface area contributed by atoms with Crippen molar-refractivity contribution in [2.75, 3.05) is 7.11 Å². The zero-order valence-electron chi connectivity index (χ0n) is 9.21. The molecule has 1 aromatic carbocycles. The van der Waals surface area contributed by atoms with Crippen LogP contribution in [-0.2, 0) is 6.54 Å². The van der Waals surface area contributed by atoms with Crippen molar-refractivity contribution in [2.45, 2.75) is 6.54 Å². The average molecular weight is 320 g/mol. The maximum absolute atomic E-state index is 13.8. The molecule has 96 valence electrons. The van der Waals surface area contributed by atoms with Crippen LogP contribution in [0.15, 0.2) is 15.1 Å². The van der Waals surface area contributed by atoms with Gasteiger partial charge in [-0.1, -0.05) is 5.16 Å². The van der Waals surface area contributed by atoms with Crippen molar-refractivity contribution in [3.8, 4) is 17.1 Å². The number of hydrogen-bond donors (Lipinski definition) is 1. The number of rotatable bonds is 3. The molecule has 2 aromatic rings. The maximum Gasteiger partial charge on any atom is 0.240 e. The Bertz CT molecular complexity index is 589. The van der Waals surface area contributed by atoms with Gasteiger partial charge >= 0.3 is 0 Å². The molecule has 0 amide bonds. The molecular formula is C10H8BrF2N3O2. The lowest BCUT2D eigenvalue weighted by molar-refractivity contribution is 0.368. The van der Waals surface area contributed by atoms with Gasteiger partial charge in [-0.3, -0.25) is 0 Å². The van der Waals surface area contributed by atoms with Crippen LogP contribution >= 0.6 is 15.9 Å². The maximum atomic E-state index is 13.8. The molecule has 0 aliphatic rings. The number of nitrogens with two attached hydrogens (primary N) is 1. The minimum absolute atomic E-state index is 0.0222. The van der Waals surface area contributed by atoms with Crippen molar-refractivity contribution in [1.82, 2.24) is 10.1 Å². The van der Waals surface area contributed by atoms with Gasteiger partial charge in [0, 0.05) is 0 Å². The first-order valence-corrected chi connectivity index (χ1v) is 5.62. The van der Waals surface area contributed by atoms with E-state index in [4.69, 9.17) is 15.0 Å². The summed E-state index contributed by atoms with van der Waals surface area (Å²) in [5.41, 5.74) is 5.16. The van der Waals surface area contributed by atoms with E-state index in [2.05, 4.69) is 26.1 Å². The molecule has 0 atom stereocenters. The van der Waals surface area contributed by atoms with Gasteiger partial charge in [0.1, 0.15) is 0 Å². The summed E-state index contributed by atoms with van der Waals surface area (Å²) in [7, 11) is 1.24. The normalized spacial score (nSPS) is 10.7. The van der Waals surface area contributed by atoms with Gasteiger partial charge in [0.25, 0.3) is 0 Å². The molecular weight excluding hydrogens is 312 g/mol. The van der Waals surface area contributed by atoms with E-state index in [1.807, 2.05) is 0 Å². The number of hydrogen-bond acceptors (Lipinski definition) is 5. The summed E-state index contributed by atoms with van der Waals surface area (Å²) >= 11 is 3.07. The number of benzene rings is 1. The number of halogens is 3. The highest BCUT2D eigenvalue weighted by Crippen LogP contribution is 2.35.